The second kappa shape index (κ2) is 9.48. The van der Waals surface area contributed by atoms with E-state index in [2.05, 4.69) is 43.5 Å². The summed E-state index contributed by atoms with van der Waals surface area (Å²) in [5.41, 5.74) is 4.73. The molecule has 0 atom stereocenters. The van der Waals surface area contributed by atoms with Crippen molar-refractivity contribution < 1.29 is 4.79 Å². The van der Waals surface area contributed by atoms with E-state index < -0.39 is 0 Å². The van der Waals surface area contributed by atoms with E-state index in [1.54, 1.807) is 12.1 Å². The SMILES string of the molecule is Cc1cc(C)n(-c2ccc(CCNC(=O)CCn3cnc4ccc(Br)cc4c3=O)cc2)n1. The summed E-state index contributed by atoms with van der Waals surface area (Å²) in [5, 5.41) is 7.96. The average Bonchev–Trinajstić information content (AvgIpc) is 3.12. The first-order valence-corrected chi connectivity index (χ1v) is 11.2. The number of carbonyl (C=O) groups excluding carboxylic acids is 1. The van der Waals surface area contributed by atoms with Crippen molar-refractivity contribution in [1.82, 2.24) is 24.6 Å². The number of rotatable bonds is 7. The van der Waals surface area contributed by atoms with Crippen LogP contribution in [0.4, 0.5) is 0 Å². The average molecular weight is 494 g/mol. The summed E-state index contributed by atoms with van der Waals surface area (Å²) >= 11 is 3.38. The molecule has 0 saturated carbocycles. The van der Waals surface area contributed by atoms with Gasteiger partial charge in [0, 0.05) is 29.7 Å². The molecule has 32 heavy (non-hydrogen) atoms. The smallest absolute Gasteiger partial charge is 0.261 e. The molecule has 0 aliphatic carbocycles. The molecule has 0 aliphatic rings. The number of amides is 1. The van der Waals surface area contributed by atoms with Gasteiger partial charge in [0.25, 0.3) is 5.56 Å². The van der Waals surface area contributed by atoms with Gasteiger partial charge >= 0.3 is 0 Å². The van der Waals surface area contributed by atoms with Crippen molar-refractivity contribution in [2.24, 2.45) is 0 Å². The minimum Gasteiger partial charge on any atom is -0.356 e. The number of nitrogens with one attached hydrogen (secondary N) is 1. The van der Waals surface area contributed by atoms with E-state index in [-0.39, 0.29) is 24.4 Å². The van der Waals surface area contributed by atoms with Crippen LogP contribution < -0.4 is 10.9 Å². The Balaban J connectivity index is 1.28. The molecular weight excluding hydrogens is 470 g/mol. The number of halogens is 1. The van der Waals surface area contributed by atoms with Gasteiger partial charge in [-0.25, -0.2) is 9.67 Å². The van der Waals surface area contributed by atoms with Crippen molar-refractivity contribution in [3.8, 4) is 5.69 Å². The Morgan fingerprint density at radius 2 is 1.88 bits per heavy atom. The summed E-state index contributed by atoms with van der Waals surface area (Å²) in [7, 11) is 0. The zero-order valence-corrected chi connectivity index (χ0v) is 19.6. The number of benzene rings is 2. The molecule has 0 unspecified atom stereocenters. The van der Waals surface area contributed by atoms with Gasteiger partial charge in [-0.3, -0.25) is 14.2 Å². The van der Waals surface area contributed by atoms with Crippen molar-refractivity contribution in [2.45, 2.75) is 33.2 Å². The van der Waals surface area contributed by atoms with Gasteiger partial charge in [-0.15, -0.1) is 0 Å². The zero-order valence-electron chi connectivity index (χ0n) is 18.0. The molecule has 2 heterocycles. The van der Waals surface area contributed by atoms with Crippen LogP contribution in [-0.2, 0) is 17.8 Å². The molecule has 0 spiro atoms. The Bertz CT molecular complexity index is 1320. The fourth-order valence-electron chi connectivity index (χ4n) is 3.64. The minimum atomic E-state index is -0.146. The highest BCUT2D eigenvalue weighted by atomic mass is 79.9. The van der Waals surface area contributed by atoms with Crippen LogP contribution in [0.1, 0.15) is 23.4 Å². The highest BCUT2D eigenvalue weighted by molar-refractivity contribution is 9.10. The molecule has 1 amide bonds. The van der Waals surface area contributed by atoms with Crippen LogP contribution in [0.5, 0.6) is 0 Å². The van der Waals surface area contributed by atoms with Crippen LogP contribution in [0.2, 0.25) is 0 Å². The van der Waals surface area contributed by atoms with E-state index in [4.69, 9.17) is 0 Å². The lowest BCUT2D eigenvalue weighted by molar-refractivity contribution is -0.121. The van der Waals surface area contributed by atoms with Gasteiger partial charge in [-0.05, 0) is 62.2 Å². The number of fused-ring (bicyclic) bond motifs is 1. The maximum Gasteiger partial charge on any atom is 0.261 e. The Hall–Kier alpha value is -3.26. The fourth-order valence-corrected chi connectivity index (χ4v) is 4.00. The largest absolute Gasteiger partial charge is 0.356 e. The molecule has 0 bridgehead atoms. The highest BCUT2D eigenvalue weighted by Crippen LogP contribution is 2.15. The topological polar surface area (TPSA) is 81.8 Å². The van der Waals surface area contributed by atoms with Gasteiger partial charge in [-0.2, -0.15) is 5.10 Å². The molecule has 8 heteroatoms. The van der Waals surface area contributed by atoms with Crippen LogP contribution >= 0.6 is 15.9 Å². The maximum atomic E-state index is 12.6. The normalized spacial score (nSPS) is 11.1. The number of aromatic nitrogens is 4. The molecule has 2 aromatic carbocycles. The van der Waals surface area contributed by atoms with Crippen molar-refractivity contribution in [1.29, 1.82) is 0 Å². The molecule has 0 aliphatic heterocycles. The Kier molecular flexibility index (Phi) is 6.50. The molecule has 164 valence electrons. The van der Waals surface area contributed by atoms with Gasteiger partial charge in [0.1, 0.15) is 0 Å². The molecule has 4 aromatic rings. The summed E-state index contributed by atoms with van der Waals surface area (Å²) < 4.78 is 4.22. The quantitative estimate of drug-likeness (QED) is 0.425. The summed E-state index contributed by atoms with van der Waals surface area (Å²) in [6.45, 7) is 4.84. The number of hydrogen-bond acceptors (Lipinski definition) is 4. The van der Waals surface area contributed by atoms with Crippen LogP contribution in [0, 0.1) is 13.8 Å². The molecule has 7 nitrogen and oxygen atoms in total. The van der Waals surface area contributed by atoms with Crippen molar-refractivity contribution >= 4 is 32.7 Å². The summed E-state index contributed by atoms with van der Waals surface area (Å²) in [4.78, 5) is 29.2. The Morgan fingerprint density at radius 3 is 2.59 bits per heavy atom. The third-order valence-electron chi connectivity index (χ3n) is 5.29. The second-order valence-corrected chi connectivity index (χ2v) is 8.68. The van der Waals surface area contributed by atoms with Crippen LogP contribution in [0.15, 0.2) is 64.1 Å². The van der Waals surface area contributed by atoms with Crippen LogP contribution in [0.25, 0.3) is 16.6 Å². The second-order valence-electron chi connectivity index (χ2n) is 7.76. The zero-order chi connectivity index (χ0) is 22.7. The Labute approximate surface area is 194 Å². The number of hydrogen-bond donors (Lipinski definition) is 1. The summed E-state index contributed by atoms with van der Waals surface area (Å²) in [5.74, 6) is -0.0921. The van der Waals surface area contributed by atoms with Crippen molar-refractivity contribution in [3.05, 3.63) is 86.6 Å². The van der Waals surface area contributed by atoms with Crippen molar-refractivity contribution in [3.63, 3.8) is 0 Å². The van der Waals surface area contributed by atoms with Gasteiger partial charge in [0.05, 0.1) is 28.6 Å². The third-order valence-corrected chi connectivity index (χ3v) is 5.79. The monoisotopic (exact) mass is 493 g/mol. The van der Waals surface area contributed by atoms with E-state index in [9.17, 15) is 9.59 Å². The van der Waals surface area contributed by atoms with Gasteiger partial charge in [0.2, 0.25) is 5.91 Å². The lowest BCUT2D eigenvalue weighted by Gasteiger charge is -2.09. The number of aryl methyl sites for hydroxylation is 3. The molecular formula is C24H24BrN5O2. The first-order chi connectivity index (χ1) is 15.4. The Morgan fingerprint density at radius 1 is 1.09 bits per heavy atom. The summed E-state index contributed by atoms with van der Waals surface area (Å²) in [6, 6.07) is 15.6. The first kappa shape index (κ1) is 22.0. The van der Waals surface area contributed by atoms with Crippen LogP contribution in [0.3, 0.4) is 0 Å². The number of carbonyl (C=O) groups is 1. The first-order valence-electron chi connectivity index (χ1n) is 10.4. The standard InChI is InChI=1S/C24H24BrN5O2/c1-16-13-17(2)30(28-16)20-6-3-18(4-7-20)9-11-26-23(31)10-12-29-15-27-22-8-5-19(25)14-21(22)24(29)32/h3-8,13-15H,9-12H2,1-2H3,(H,26,31). The predicted octanol–water partition coefficient (Wildman–Crippen LogP) is 3.71. The van der Waals surface area contributed by atoms with E-state index in [1.165, 1.54) is 10.9 Å². The minimum absolute atomic E-state index is 0.0921. The molecule has 0 saturated heterocycles. The molecule has 4 rings (SSSR count). The number of nitrogens with zero attached hydrogens (tertiary/aromatic N) is 4. The van der Waals surface area contributed by atoms with E-state index in [0.717, 1.165) is 33.5 Å². The maximum absolute atomic E-state index is 12.6. The highest BCUT2D eigenvalue weighted by Gasteiger charge is 2.08. The fraction of sp³-hybridized carbons (Fsp3) is 0.250. The lowest BCUT2D eigenvalue weighted by Crippen LogP contribution is -2.29. The van der Waals surface area contributed by atoms with E-state index >= 15 is 0 Å². The van der Waals surface area contributed by atoms with Crippen molar-refractivity contribution in [2.75, 3.05) is 6.54 Å². The lowest BCUT2D eigenvalue weighted by atomic mass is 10.1. The van der Waals surface area contributed by atoms with Gasteiger partial charge in [-0.1, -0.05) is 28.1 Å². The molecule has 1 N–H and O–H groups in total. The van der Waals surface area contributed by atoms with Gasteiger partial charge < -0.3 is 5.32 Å². The molecule has 2 aromatic heterocycles. The molecule has 0 radical (unpaired) electrons. The third kappa shape index (κ3) is 4.96. The summed E-state index contributed by atoms with van der Waals surface area (Å²) in [6.07, 6.45) is 2.45. The van der Waals surface area contributed by atoms with E-state index in [1.807, 2.05) is 42.8 Å². The van der Waals surface area contributed by atoms with E-state index in [0.29, 0.717) is 17.4 Å². The molecule has 0 fully saturated rings. The van der Waals surface area contributed by atoms with Gasteiger partial charge in [0.15, 0.2) is 0 Å². The van der Waals surface area contributed by atoms with Crippen LogP contribution in [-0.4, -0.2) is 31.8 Å². The predicted molar refractivity (Wildman–Crippen MR) is 128 cm³/mol.